The van der Waals surface area contributed by atoms with Gasteiger partial charge in [0.15, 0.2) is 9.84 Å². The van der Waals surface area contributed by atoms with E-state index in [1.807, 2.05) is 6.92 Å². The van der Waals surface area contributed by atoms with Crippen LogP contribution in [0.15, 0.2) is 12.3 Å². The number of sulfone groups is 1. The summed E-state index contributed by atoms with van der Waals surface area (Å²) in [5.41, 5.74) is 6.69. The molecule has 19 heavy (non-hydrogen) atoms. The maximum absolute atomic E-state index is 11.6. The topological polar surface area (TPSA) is 85.1 Å². The van der Waals surface area contributed by atoms with Crippen molar-refractivity contribution in [1.82, 2.24) is 10.3 Å². The summed E-state index contributed by atoms with van der Waals surface area (Å²) in [5.74, 6) is 0.858. The maximum Gasteiger partial charge on any atom is 0.150 e. The predicted octanol–water partition coefficient (Wildman–Crippen LogP) is 1.40. The fourth-order valence-corrected chi connectivity index (χ4v) is 4.56. The van der Waals surface area contributed by atoms with Crippen molar-refractivity contribution in [1.29, 1.82) is 0 Å². The first kappa shape index (κ1) is 14.6. The van der Waals surface area contributed by atoms with Crippen LogP contribution in [0, 0.1) is 5.92 Å². The van der Waals surface area contributed by atoms with Gasteiger partial charge in [-0.3, -0.25) is 0 Å². The molecule has 7 heteroatoms. The predicted molar refractivity (Wildman–Crippen MR) is 76.8 cm³/mol. The molecule has 1 fully saturated rings. The zero-order chi connectivity index (χ0) is 14.0. The van der Waals surface area contributed by atoms with E-state index in [9.17, 15) is 8.42 Å². The zero-order valence-electron chi connectivity index (χ0n) is 10.8. The van der Waals surface area contributed by atoms with Crippen molar-refractivity contribution in [2.45, 2.75) is 19.4 Å². The normalized spacial score (nSPS) is 23.4. The van der Waals surface area contributed by atoms with Crippen molar-refractivity contribution in [3.63, 3.8) is 0 Å². The minimum Gasteiger partial charge on any atom is -0.383 e. The van der Waals surface area contributed by atoms with Gasteiger partial charge in [0.05, 0.1) is 16.5 Å². The number of aromatic nitrogens is 1. The summed E-state index contributed by atoms with van der Waals surface area (Å²) >= 11 is 5.96. The lowest BCUT2D eigenvalue weighted by Gasteiger charge is -2.24. The number of nitrogens with one attached hydrogen (secondary N) is 1. The summed E-state index contributed by atoms with van der Waals surface area (Å²) in [6.07, 6.45) is 2.14. The second kappa shape index (κ2) is 5.64. The van der Waals surface area contributed by atoms with Crippen molar-refractivity contribution in [2.75, 3.05) is 23.8 Å². The Morgan fingerprint density at radius 3 is 2.95 bits per heavy atom. The van der Waals surface area contributed by atoms with Crippen molar-refractivity contribution in [3.05, 3.63) is 22.8 Å². The molecule has 2 rings (SSSR count). The van der Waals surface area contributed by atoms with Gasteiger partial charge in [-0.1, -0.05) is 18.5 Å². The number of halogens is 1. The Morgan fingerprint density at radius 2 is 2.37 bits per heavy atom. The Balaban J connectivity index is 2.32. The molecule has 1 aliphatic rings. The number of hydrogen-bond donors (Lipinski definition) is 2. The van der Waals surface area contributed by atoms with Crippen molar-refractivity contribution >= 4 is 27.3 Å². The second-order valence-corrected chi connectivity index (χ2v) is 7.49. The molecule has 0 aromatic carbocycles. The first-order valence-electron chi connectivity index (χ1n) is 6.27. The molecule has 5 nitrogen and oxygen atoms in total. The van der Waals surface area contributed by atoms with Gasteiger partial charge in [-0.25, -0.2) is 13.4 Å². The van der Waals surface area contributed by atoms with E-state index < -0.39 is 9.84 Å². The molecule has 0 aliphatic carbocycles. The van der Waals surface area contributed by atoms with Gasteiger partial charge in [0.1, 0.15) is 5.82 Å². The van der Waals surface area contributed by atoms with Gasteiger partial charge in [-0.2, -0.15) is 0 Å². The van der Waals surface area contributed by atoms with Crippen LogP contribution in [0.25, 0.3) is 0 Å². The standard InChI is InChI=1S/C12H18ClN3O2S/c1-2-15-11(8-3-4-19(17,18)7-8)10-5-9(13)6-16-12(10)14/h5-6,8,11,15H,2-4,7H2,1H3,(H2,14,16). The molecular weight excluding hydrogens is 286 g/mol. The Labute approximate surface area is 118 Å². The second-order valence-electron chi connectivity index (χ2n) is 4.83. The fraction of sp³-hybridized carbons (Fsp3) is 0.583. The van der Waals surface area contributed by atoms with E-state index in [1.54, 1.807) is 6.07 Å². The molecule has 1 saturated heterocycles. The molecule has 106 valence electrons. The van der Waals surface area contributed by atoms with E-state index in [0.717, 1.165) is 12.1 Å². The van der Waals surface area contributed by atoms with Crippen LogP contribution in [0.2, 0.25) is 5.02 Å². The van der Waals surface area contributed by atoms with Crippen molar-refractivity contribution < 1.29 is 8.42 Å². The fourth-order valence-electron chi connectivity index (χ4n) is 2.55. The van der Waals surface area contributed by atoms with Crippen LogP contribution in [-0.4, -0.2) is 31.5 Å². The summed E-state index contributed by atoms with van der Waals surface area (Å²) in [6.45, 7) is 2.71. The molecular formula is C12H18ClN3O2S. The Kier molecular flexibility index (Phi) is 4.32. The van der Waals surface area contributed by atoms with Crippen LogP contribution < -0.4 is 11.1 Å². The third-order valence-corrected chi connectivity index (χ3v) is 5.41. The van der Waals surface area contributed by atoms with Gasteiger partial charge in [-0.15, -0.1) is 0 Å². The average Bonchev–Trinajstić information content (AvgIpc) is 2.70. The summed E-state index contributed by atoms with van der Waals surface area (Å²) in [5, 5.41) is 3.81. The Hall–Kier alpha value is -0.850. The molecule has 0 bridgehead atoms. The zero-order valence-corrected chi connectivity index (χ0v) is 12.3. The highest BCUT2D eigenvalue weighted by Gasteiger charge is 2.35. The molecule has 0 radical (unpaired) electrons. The Bertz CT molecular complexity index is 562. The van der Waals surface area contributed by atoms with E-state index in [1.165, 1.54) is 6.20 Å². The highest BCUT2D eigenvalue weighted by molar-refractivity contribution is 7.91. The molecule has 2 heterocycles. The first-order valence-corrected chi connectivity index (χ1v) is 8.47. The number of anilines is 1. The molecule has 1 aromatic rings. The molecule has 1 aromatic heterocycles. The Morgan fingerprint density at radius 1 is 1.63 bits per heavy atom. The summed E-state index contributed by atoms with van der Waals surface area (Å²) < 4.78 is 23.3. The summed E-state index contributed by atoms with van der Waals surface area (Å²) in [4.78, 5) is 4.05. The van der Waals surface area contributed by atoms with Crippen molar-refractivity contribution in [2.24, 2.45) is 5.92 Å². The molecule has 2 atom stereocenters. The van der Waals surface area contributed by atoms with E-state index in [2.05, 4.69) is 10.3 Å². The van der Waals surface area contributed by atoms with E-state index in [0.29, 0.717) is 17.3 Å². The van der Waals surface area contributed by atoms with Crippen LogP contribution in [0.5, 0.6) is 0 Å². The summed E-state index contributed by atoms with van der Waals surface area (Å²) in [6, 6.07) is 1.65. The number of nitrogen functional groups attached to an aromatic ring is 1. The molecule has 2 unspecified atom stereocenters. The number of pyridine rings is 1. The lowest BCUT2D eigenvalue weighted by Crippen LogP contribution is -2.30. The summed E-state index contributed by atoms with van der Waals surface area (Å²) in [7, 11) is -2.92. The number of nitrogens with zero attached hydrogens (tertiary/aromatic N) is 1. The van der Waals surface area contributed by atoms with Crippen LogP contribution in [-0.2, 0) is 9.84 Å². The van der Waals surface area contributed by atoms with Gasteiger partial charge in [0.25, 0.3) is 0 Å². The molecule has 3 N–H and O–H groups in total. The minimum absolute atomic E-state index is 0.0208. The monoisotopic (exact) mass is 303 g/mol. The quantitative estimate of drug-likeness (QED) is 0.878. The van der Waals surface area contributed by atoms with E-state index in [4.69, 9.17) is 17.3 Å². The van der Waals surface area contributed by atoms with Crippen LogP contribution in [0.3, 0.4) is 0 Å². The van der Waals surface area contributed by atoms with Crippen molar-refractivity contribution in [3.8, 4) is 0 Å². The SMILES string of the molecule is CCNC(c1cc(Cl)cnc1N)C1CCS(=O)(=O)C1. The third kappa shape index (κ3) is 3.38. The highest BCUT2D eigenvalue weighted by Crippen LogP contribution is 2.34. The number of nitrogens with two attached hydrogens (primary N) is 1. The largest absolute Gasteiger partial charge is 0.383 e. The molecule has 0 spiro atoms. The van der Waals surface area contributed by atoms with Gasteiger partial charge < -0.3 is 11.1 Å². The molecule has 0 amide bonds. The smallest absolute Gasteiger partial charge is 0.150 e. The average molecular weight is 304 g/mol. The van der Waals surface area contributed by atoms with E-state index in [-0.39, 0.29) is 23.5 Å². The molecule has 1 aliphatic heterocycles. The van der Waals surface area contributed by atoms with Crippen LogP contribution in [0.1, 0.15) is 24.9 Å². The number of rotatable bonds is 4. The van der Waals surface area contributed by atoms with Gasteiger partial charge >= 0.3 is 0 Å². The maximum atomic E-state index is 11.6. The van der Waals surface area contributed by atoms with Gasteiger partial charge in [0, 0.05) is 17.8 Å². The van der Waals surface area contributed by atoms with Crippen LogP contribution >= 0.6 is 11.6 Å². The lowest BCUT2D eigenvalue weighted by molar-refractivity contribution is 0.400. The lowest BCUT2D eigenvalue weighted by atomic mass is 9.92. The van der Waals surface area contributed by atoms with Crippen LogP contribution in [0.4, 0.5) is 5.82 Å². The van der Waals surface area contributed by atoms with Gasteiger partial charge in [0.2, 0.25) is 0 Å². The van der Waals surface area contributed by atoms with E-state index >= 15 is 0 Å². The third-order valence-electron chi connectivity index (χ3n) is 3.41. The minimum atomic E-state index is -2.92. The first-order chi connectivity index (χ1) is 8.93. The highest BCUT2D eigenvalue weighted by atomic mass is 35.5. The number of hydrogen-bond acceptors (Lipinski definition) is 5. The van der Waals surface area contributed by atoms with Gasteiger partial charge in [-0.05, 0) is 24.9 Å². The molecule has 0 saturated carbocycles.